The molecule has 0 spiro atoms. The highest BCUT2D eigenvalue weighted by Gasteiger charge is 2.30. The van der Waals surface area contributed by atoms with Gasteiger partial charge in [0.05, 0.1) is 12.1 Å². The maximum absolute atomic E-state index is 13.1. The van der Waals surface area contributed by atoms with Gasteiger partial charge in [-0.15, -0.1) is 0 Å². The molecule has 0 aliphatic heterocycles. The molecule has 3 rings (SSSR count). The highest BCUT2D eigenvalue weighted by atomic mass is 19.4. The third-order valence-electron chi connectivity index (χ3n) is 6.08. The van der Waals surface area contributed by atoms with Crippen molar-refractivity contribution in [1.29, 1.82) is 0 Å². The van der Waals surface area contributed by atoms with Gasteiger partial charge >= 0.3 is 18.2 Å². The minimum atomic E-state index is -4.52. The molecule has 0 aromatic heterocycles. The Bertz CT molecular complexity index is 1220. The number of carbonyl (C=O) groups excluding carboxylic acids is 1. The van der Waals surface area contributed by atoms with Gasteiger partial charge < -0.3 is 24.8 Å². The molecule has 40 heavy (non-hydrogen) atoms. The molecule has 1 unspecified atom stereocenters. The molecule has 0 saturated heterocycles. The van der Waals surface area contributed by atoms with E-state index in [0.717, 1.165) is 29.7 Å². The van der Waals surface area contributed by atoms with Gasteiger partial charge in [-0.05, 0) is 61.2 Å². The van der Waals surface area contributed by atoms with Crippen LogP contribution in [0.5, 0.6) is 5.75 Å². The minimum absolute atomic E-state index is 0.0520. The summed E-state index contributed by atoms with van der Waals surface area (Å²) in [4.78, 5) is 25.9. The molecule has 3 aromatic rings. The van der Waals surface area contributed by atoms with E-state index < -0.39 is 29.8 Å². The van der Waals surface area contributed by atoms with Gasteiger partial charge in [0, 0.05) is 25.3 Å². The number of alkyl halides is 3. The highest BCUT2D eigenvalue weighted by molar-refractivity contribution is 5.89. The van der Waals surface area contributed by atoms with Crippen molar-refractivity contribution in [3.05, 3.63) is 95.6 Å². The van der Waals surface area contributed by atoms with Crippen molar-refractivity contribution in [3.63, 3.8) is 0 Å². The summed E-state index contributed by atoms with van der Waals surface area (Å²) in [7, 11) is 0. The first-order chi connectivity index (χ1) is 19.2. The molecule has 2 N–H and O–H groups in total. The summed E-state index contributed by atoms with van der Waals surface area (Å²) in [5.41, 5.74) is 1.10. The number of ether oxygens (including phenoxy) is 2. The van der Waals surface area contributed by atoms with E-state index in [0.29, 0.717) is 25.3 Å². The first-order valence-electron chi connectivity index (χ1n) is 13.0. The quantitative estimate of drug-likeness (QED) is 0.243. The van der Waals surface area contributed by atoms with Crippen molar-refractivity contribution in [2.75, 3.05) is 31.6 Å². The van der Waals surface area contributed by atoms with Gasteiger partial charge in [-0.3, -0.25) is 0 Å². The Hall–Kier alpha value is -4.05. The second-order valence-corrected chi connectivity index (χ2v) is 9.06. The molecule has 0 fully saturated rings. The fourth-order valence-electron chi connectivity index (χ4n) is 4.04. The first kappa shape index (κ1) is 30.5. The smallest absolute Gasteiger partial charge is 0.416 e. The third kappa shape index (κ3) is 9.92. The van der Waals surface area contributed by atoms with E-state index in [1.165, 1.54) is 17.0 Å². The van der Waals surface area contributed by atoms with Crippen LogP contribution in [0.25, 0.3) is 0 Å². The number of halogens is 3. The Kier molecular flexibility index (Phi) is 11.4. The van der Waals surface area contributed by atoms with Crippen LogP contribution in [-0.4, -0.2) is 54.4 Å². The predicted molar refractivity (Wildman–Crippen MR) is 145 cm³/mol. The van der Waals surface area contributed by atoms with E-state index in [1.54, 1.807) is 31.2 Å². The number of benzene rings is 3. The molecule has 7 nitrogen and oxygen atoms in total. The van der Waals surface area contributed by atoms with Crippen molar-refractivity contribution < 1.29 is 37.3 Å². The number of aryl methyl sites for hydroxylation is 1. The van der Waals surface area contributed by atoms with E-state index in [1.807, 2.05) is 30.3 Å². The van der Waals surface area contributed by atoms with Gasteiger partial charge in [-0.1, -0.05) is 48.5 Å². The van der Waals surface area contributed by atoms with Gasteiger partial charge in [-0.2, -0.15) is 13.2 Å². The number of anilines is 1. The molecule has 0 aliphatic rings. The third-order valence-corrected chi connectivity index (χ3v) is 6.08. The summed E-state index contributed by atoms with van der Waals surface area (Å²) in [6.07, 6.45) is -3.85. The molecule has 1 atom stereocenters. The van der Waals surface area contributed by atoms with Gasteiger partial charge in [0.1, 0.15) is 12.4 Å². The Labute approximate surface area is 231 Å². The number of carboxylic acids is 1. The van der Waals surface area contributed by atoms with Gasteiger partial charge in [-0.25, -0.2) is 9.59 Å². The number of aliphatic carboxylic acids is 1. The lowest BCUT2D eigenvalue weighted by Gasteiger charge is -2.23. The van der Waals surface area contributed by atoms with Crippen molar-refractivity contribution in [2.24, 2.45) is 0 Å². The summed E-state index contributed by atoms with van der Waals surface area (Å²) in [5, 5.41) is 11.8. The van der Waals surface area contributed by atoms with Crippen LogP contribution in [-0.2, 0) is 28.5 Å². The molecule has 3 aromatic carbocycles. The summed E-state index contributed by atoms with van der Waals surface area (Å²) < 4.78 is 50.4. The number of hydrogen-bond donors (Lipinski definition) is 2. The van der Waals surface area contributed by atoms with E-state index >= 15 is 0 Å². The number of carboxylic acid groups (broad SMARTS) is 1. The van der Waals surface area contributed by atoms with E-state index in [-0.39, 0.29) is 25.3 Å². The van der Waals surface area contributed by atoms with Crippen molar-refractivity contribution in [3.8, 4) is 5.75 Å². The topological polar surface area (TPSA) is 88.1 Å². The van der Waals surface area contributed by atoms with Crippen LogP contribution in [0.4, 0.5) is 23.7 Å². The average molecular weight is 559 g/mol. The summed E-state index contributed by atoms with van der Waals surface area (Å²) in [5.74, 6) is -0.493. The Balaban J connectivity index is 1.60. The molecule has 0 radical (unpaired) electrons. The zero-order valence-electron chi connectivity index (χ0n) is 22.2. The molecular formula is C30H33F3N2O5. The first-order valence-corrected chi connectivity index (χ1v) is 13.0. The number of rotatable bonds is 14. The zero-order valence-corrected chi connectivity index (χ0v) is 22.2. The fourth-order valence-corrected chi connectivity index (χ4v) is 4.04. The summed E-state index contributed by atoms with van der Waals surface area (Å²) >= 11 is 0. The largest absolute Gasteiger partial charge is 0.492 e. The Morgan fingerprint density at radius 1 is 0.950 bits per heavy atom. The number of nitrogens with one attached hydrogen (secondary N) is 1. The van der Waals surface area contributed by atoms with Crippen molar-refractivity contribution >= 4 is 17.7 Å². The second kappa shape index (κ2) is 14.9. The Morgan fingerprint density at radius 3 is 2.33 bits per heavy atom. The molecule has 0 aliphatic carbocycles. The van der Waals surface area contributed by atoms with Crippen LogP contribution in [0.1, 0.15) is 30.0 Å². The van der Waals surface area contributed by atoms with Crippen LogP contribution in [0, 0.1) is 0 Å². The predicted octanol–water partition coefficient (Wildman–Crippen LogP) is 6.28. The summed E-state index contributed by atoms with van der Waals surface area (Å²) in [6, 6.07) is 20.7. The normalized spacial score (nSPS) is 12.0. The van der Waals surface area contributed by atoms with E-state index in [4.69, 9.17) is 9.47 Å². The number of urea groups is 1. The average Bonchev–Trinajstić information content (AvgIpc) is 2.93. The van der Waals surface area contributed by atoms with E-state index in [2.05, 4.69) is 5.32 Å². The number of nitrogens with zero attached hydrogens (tertiary/aromatic N) is 1. The maximum Gasteiger partial charge on any atom is 0.416 e. The second-order valence-electron chi connectivity index (χ2n) is 9.06. The van der Waals surface area contributed by atoms with Gasteiger partial charge in [0.15, 0.2) is 6.10 Å². The van der Waals surface area contributed by atoms with Crippen LogP contribution in [0.15, 0.2) is 78.9 Å². The van der Waals surface area contributed by atoms with Crippen LogP contribution >= 0.6 is 0 Å². The lowest BCUT2D eigenvalue weighted by molar-refractivity contribution is -0.150. The van der Waals surface area contributed by atoms with E-state index in [9.17, 15) is 27.9 Å². The highest BCUT2D eigenvalue weighted by Crippen LogP contribution is 2.30. The summed E-state index contributed by atoms with van der Waals surface area (Å²) in [6.45, 7) is 2.75. The van der Waals surface area contributed by atoms with Crippen molar-refractivity contribution in [2.45, 2.75) is 38.5 Å². The molecular weight excluding hydrogens is 525 g/mol. The van der Waals surface area contributed by atoms with Crippen LogP contribution < -0.4 is 10.1 Å². The van der Waals surface area contributed by atoms with Gasteiger partial charge in [0.25, 0.3) is 0 Å². The molecule has 0 bridgehead atoms. The lowest BCUT2D eigenvalue weighted by atomic mass is 10.1. The maximum atomic E-state index is 13.1. The Morgan fingerprint density at radius 2 is 1.68 bits per heavy atom. The van der Waals surface area contributed by atoms with Gasteiger partial charge in [0.2, 0.25) is 0 Å². The standard InChI is InChI=1S/C30H33F3N2O5/c1-2-39-27(28(36)37)20-23-13-15-26(16-14-23)40-19-18-35(17-7-10-22-8-4-3-5-9-22)29(38)34-25-12-6-11-24(21-25)30(31,32)33/h3-6,8-9,11-16,21,27H,2,7,10,17-20H2,1H3,(H,34,38)(H,36,37). The molecule has 10 heteroatoms. The SMILES string of the molecule is CCOC(Cc1ccc(OCCN(CCCc2ccccc2)C(=O)Nc2cccc(C(F)(F)F)c2)cc1)C(=O)O. The number of carbonyl (C=O) groups is 2. The molecule has 0 heterocycles. The monoisotopic (exact) mass is 558 g/mol. The zero-order chi connectivity index (χ0) is 29.0. The van der Waals surface area contributed by atoms with Crippen LogP contribution in [0.2, 0.25) is 0 Å². The number of amides is 2. The minimum Gasteiger partial charge on any atom is -0.492 e. The van der Waals surface area contributed by atoms with Crippen LogP contribution in [0.3, 0.4) is 0 Å². The molecule has 0 saturated carbocycles. The fraction of sp³-hybridized carbons (Fsp3) is 0.333. The number of hydrogen-bond acceptors (Lipinski definition) is 4. The molecule has 2 amide bonds. The lowest BCUT2D eigenvalue weighted by Crippen LogP contribution is -2.38. The molecule has 214 valence electrons. The van der Waals surface area contributed by atoms with Crippen molar-refractivity contribution in [1.82, 2.24) is 4.90 Å².